The first-order chi connectivity index (χ1) is 11.5. The smallest absolute Gasteiger partial charge is 0.0519 e. The van der Waals surface area contributed by atoms with Gasteiger partial charge in [0.1, 0.15) is 0 Å². The largest absolute Gasteiger partial charge is 0.370 e. The Morgan fingerprint density at radius 2 is 1.54 bits per heavy atom. The molecule has 0 unspecified atom stereocenters. The summed E-state index contributed by atoms with van der Waals surface area (Å²) < 4.78 is 0. The second kappa shape index (κ2) is 8.73. The molecular formula is C23H31N. The van der Waals surface area contributed by atoms with E-state index in [0.29, 0.717) is 0 Å². The molecule has 0 spiro atoms. The molecule has 1 heterocycles. The molecule has 0 amide bonds. The molecule has 1 nitrogen and oxygen atoms in total. The van der Waals surface area contributed by atoms with Crippen LogP contribution in [0.1, 0.15) is 39.7 Å². The van der Waals surface area contributed by atoms with E-state index in [1.807, 2.05) is 0 Å². The highest BCUT2D eigenvalue weighted by Gasteiger charge is 2.10. The van der Waals surface area contributed by atoms with Crippen LogP contribution in [0.3, 0.4) is 0 Å². The lowest BCUT2D eigenvalue weighted by molar-refractivity contribution is 0.407. The number of hydrogen-bond donors (Lipinski definition) is 0. The molecule has 0 aromatic heterocycles. The highest BCUT2D eigenvalue weighted by atomic mass is 15.1. The Labute approximate surface area is 147 Å². The van der Waals surface area contributed by atoms with E-state index in [1.165, 1.54) is 28.1 Å². The van der Waals surface area contributed by atoms with E-state index in [4.69, 9.17) is 0 Å². The third-order valence-corrected chi connectivity index (χ3v) is 5.01. The van der Waals surface area contributed by atoms with Gasteiger partial charge in [-0.2, -0.15) is 0 Å². The first kappa shape index (κ1) is 18.3. The Kier molecular flexibility index (Phi) is 6.66. The maximum atomic E-state index is 2.30. The van der Waals surface area contributed by atoms with Crippen molar-refractivity contribution >= 4 is 11.8 Å². The number of fused-ring (bicyclic) bond motifs is 1. The van der Waals surface area contributed by atoms with Gasteiger partial charge in [-0.1, -0.05) is 94.8 Å². The monoisotopic (exact) mass is 321 g/mol. The third kappa shape index (κ3) is 4.50. The Morgan fingerprint density at radius 1 is 0.917 bits per heavy atom. The fourth-order valence-corrected chi connectivity index (χ4v) is 2.87. The second-order valence-electron chi connectivity index (χ2n) is 7.02. The van der Waals surface area contributed by atoms with E-state index in [9.17, 15) is 0 Å². The van der Waals surface area contributed by atoms with Gasteiger partial charge in [0.05, 0.1) is 5.70 Å². The highest BCUT2D eigenvalue weighted by molar-refractivity contribution is 5.66. The fourth-order valence-electron chi connectivity index (χ4n) is 2.87. The minimum Gasteiger partial charge on any atom is -0.370 e. The van der Waals surface area contributed by atoms with Crippen molar-refractivity contribution in [1.82, 2.24) is 4.90 Å². The molecule has 0 saturated carbocycles. The average molecular weight is 322 g/mol. The van der Waals surface area contributed by atoms with Gasteiger partial charge in [0.25, 0.3) is 0 Å². The summed E-state index contributed by atoms with van der Waals surface area (Å²) in [4.78, 5) is 2.30. The number of rotatable bonds is 3. The molecule has 1 aliphatic rings. The lowest BCUT2D eigenvalue weighted by atomic mass is 9.96. The summed E-state index contributed by atoms with van der Waals surface area (Å²) in [5, 5.41) is 2.66. The predicted octanol–water partition coefficient (Wildman–Crippen LogP) is 4.26. The SMILES string of the molecule is CC[C@H](C)C(C)C.CN1CC=c2ccccc2=C1c1ccccc1. The second-order valence-corrected chi connectivity index (χ2v) is 7.02. The van der Waals surface area contributed by atoms with Crippen LogP contribution < -0.4 is 10.4 Å². The lowest BCUT2D eigenvalue weighted by Crippen LogP contribution is -2.38. The fraction of sp³-hybridized carbons (Fsp3) is 0.391. The van der Waals surface area contributed by atoms with Gasteiger partial charge in [0, 0.05) is 18.8 Å². The minimum atomic E-state index is 0.866. The van der Waals surface area contributed by atoms with Crippen molar-refractivity contribution < 1.29 is 0 Å². The van der Waals surface area contributed by atoms with Crippen LogP contribution in [0, 0.1) is 11.8 Å². The molecule has 2 aromatic carbocycles. The highest BCUT2D eigenvalue weighted by Crippen LogP contribution is 2.15. The molecule has 0 bridgehead atoms. The molecule has 1 heteroatoms. The zero-order chi connectivity index (χ0) is 17.5. The van der Waals surface area contributed by atoms with E-state index in [0.717, 1.165) is 18.4 Å². The summed E-state index contributed by atoms with van der Waals surface area (Å²) in [6, 6.07) is 19.2. The van der Waals surface area contributed by atoms with E-state index in [1.54, 1.807) is 0 Å². The molecule has 0 saturated heterocycles. The predicted molar refractivity (Wildman–Crippen MR) is 106 cm³/mol. The molecule has 1 aliphatic heterocycles. The summed E-state index contributed by atoms with van der Waals surface area (Å²) in [5.41, 5.74) is 2.61. The minimum absolute atomic E-state index is 0.866. The summed E-state index contributed by atoms with van der Waals surface area (Å²) >= 11 is 0. The van der Waals surface area contributed by atoms with Gasteiger partial charge in [-0.05, 0) is 22.6 Å². The van der Waals surface area contributed by atoms with Crippen molar-refractivity contribution in [3.63, 3.8) is 0 Å². The van der Waals surface area contributed by atoms with Crippen LogP contribution in [-0.2, 0) is 0 Å². The van der Waals surface area contributed by atoms with E-state index in [2.05, 4.69) is 100 Å². The van der Waals surface area contributed by atoms with Crippen molar-refractivity contribution in [2.24, 2.45) is 11.8 Å². The number of hydrogen-bond acceptors (Lipinski definition) is 1. The number of benzene rings is 2. The zero-order valence-electron chi connectivity index (χ0n) is 15.8. The van der Waals surface area contributed by atoms with Crippen LogP contribution in [0.25, 0.3) is 11.8 Å². The molecule has 0 aliphatic carbocycles. The van der Waals surface area contributed by atoms with Crippen LogP contribution >= 0.6 is 0 Å². The maximum Gasteiger partial charge on any atom is 0.0519 e. The lowest BCUT2D eigenvalue weighted by Gasteiger charge is -2.24. The van der Waals surface area contributed by atoms with Crippen molar-refractivity contribution in [1.29, 1.82) is 0 Å². The van der Waals surface area contributed by atoms with Crippen molar-refractivity contribution in [2.75, 3.05) is 13.6 Å². The van der Waals surface area contributed by atoms with E-state index in [-0.39, 0.29) is 0 Å². The molecule has 3 rings (SSSR count). The molecule has 128 valence electrons. The first-order valence-corrected chi connectivity index (χ1v) is 9.10. The van der Waals surface area contributed by atoms with Gasteiger partial charge in [-0.3, -0.25) is 0 Å². The van der Waals surface area contributed by atoms with Crippen LogP contribution in [0.15, 0.2) is 54.6 Å². The Bertz CT molecular complexity index is 743. The summed E-state index contributed by atoms with van der Waals surface area (Å²) in [6.07, 6.45) is 3.60. The third-order valence-electron chi connectivity index (χ3n) is 5.01. The standard InChI is InChI=1S/C16H15N.C7H16/c1-17-12-11-13-7-5-6-10-15(13)16(17)14-8-3-2-4-9-14;1-5-7(4)6(2)3/h2-11H,12H2,1H3;6-7H,5H2,1-4H3/t;7-/m.0/s1. The van der Waals surface area contributed by atoms with Crippen molar-refractivity contribution in [2.45, 2.75) is 34.1 Å². The van der Waals surface area contributed by atoms with Gasteiger partial charge in [0.2, 0.25) is 0 Å². The molecule has 0 radical (unpaired) electrons. The van der Waals surface area contributed by atoms with E-state index < -0.39 is 0 Å². The van der Waals surface area contributed by atoms with Crippen LogP contribution in [0.5, 0.6) is 0 Å². The zero-order valence-corrected chi connectivity index (χ0v) is 15.8. The molecular weight excluding hydrogens is 290 g/mol. The normalized spacial score (nSPS) is 14.4. The molecule has 0 fully saturated rings. The van der Waals surface area contributed by atoms with Gasteiger partial charge in [-0.15, -0.1) is 0 Å². The van der Waals surface area contributed by atoms with Gasteiger partial charge in [0.15, 0.2) is 0 Å². The van der Waals surface area contributed by atoms with Gasteiger partial charge in [-0.25, -0.2) is 0 Å². The first-order valence-electron chi connectivity index (χ1n) is 9.10. The summed E-state index contributed by atoms with van der Waals surface area (Å²) in [5.74, 6) is 1.77. The molecule has 1 atom stereocenters. The Hall–Kier alpha value is -2.02. The topological polar surface area (TPSA) is 3.24 Å². The molecule has 0 N–H and O–H groups in total. The van der Waals surface area contributed by atoms with Gasteiger partial charge >= 0.3 is 0 Å². The Morgan fingerprint density at radius 3 is 2.12 bits per heavy atom. The summed E-state index contributed by atoms with van der Waals surface area (Å²) in [7, 11) is 2.15. The Balaban J connectivity index is 0.000000256. The average Bonchev–Trinajstić information content (AvgIpc) is 2.62. The van der Waals surface area contributed by atoms with Crippen LogP contribution in [0.4, 0.5) is 0 Å². The molecule has 24 heavy (non-hydrogen) atoms. The number of nitrogens with zero attached hydrogens (tertiary/aromatic N) is 1. The quantitative estimate of drug-likeness (QED) is 0.816. The van der Waals surface area contributed by atoms with Crippen molar-refractivity contribution in [3.05, 3.63) is 70.6 Å². The van der Waals surface area contributed by atoms with Crippen molar-refractivity contribution in [3.8, 4) is 0 Å². The molecule has 2 aromatic rings. The van der Waals surface area contributed by atoms with E-state index >= 15 is 0 Å². The summed E-state index contributed by atoms with van der Waals surface area (Å²) in [6.45, 7) is 10.1. The van der Waals surface area contributed by atoms with Crippen LogP contribution in [0.2, 0.25) is 0 Å². The van der Waals surface area contributed by atoms with Gasteiger partial charge < -0.3 is 4.90 Å². The maximum absolute atomic E-state index is 2.30. The van der Waals surface area contributed by atoms with Crippen LogP contribution in [-0.4, -0.2) is 18.5 Å².